The molecule has 0 amide bonds. The quantitative estimate of drug-likeness (QED) is 0.835. The van der Waals surface area contributed by atoms with Crippen LogP contribution >= 0.6 is 0 Å². The van der Waals surface area contributed by atoms with Gasteiger partial charge in [-0.15, -0.1) is 0 Å². The van der Waals surface area contributed by atoms with Crippen LogP contribution in [0.5, 0.6) is 5.75 Å². The van der Waals surface area contributed by atoms with Crippen LogP contribution in [0.1, 0.15) is 26.3 Å². The van der Waals surface area contributed by atoms with Crippen LogP contribution in [0, 0.1) is 0 Å². The Bertz CT molecular complexity index is 513. The summed E-state index contributed by atoms with van der Waals surface area (Å²) in [6, 6.07) is 7.38. The Morgan fingerprint density at radius 1 is 1.38 bits per heavy atom. The lowest BCUT2D eigenvalue weighted by Gasteiger charge is -2.38. The zero-order valence-corrected chi connectivity index (χ0v) is 13.2. The number of nitrogens with two attached hydrogens (primary N) is 1. The summed E-state index contributed by atoms with van der Waals surface area (Å²) < 4.78 is 0. The molecule has 0 aromatic heterocycles. The highest BCUT2D eigenvalue weighted by atomic mass is 16.3. The van der Waals surface area contributed by atoms with Gasteiger partial charge in [0.05, 0.1) is 12.1 Å². The van der Waals surface area contributed by atoms with Crippen LogP contribution in [0.2, 0.25) is 0 Å². The summed E-state index contributed by atoms with van der Waals surface area (Å²) in [6.07, 6.45) is 0. The van der Waals surface area contributed by atoms with E-state index in [-0.39, 0.29) is 11.3 Å². The third-order valence-corrected chi connectivity index (χ3v) is 4.42. The normalized spacial score (nSPS) is 21.9. The van der Waals surface area contributed by atoms with Crippen molar-refractivity contribution >= 4 is 5.96 Å². The molecular formula is C16H26N4O. The second kappa shape index (κ2) is 6.35. The van der Waals surface area contributed by atoms with Gasteiger partial charge >= 0.3 is 0 Å². The maximum atomic E-state index is 9.74. The van der Waals surface area contributed by atoms with E-state index in [1.807, 2.05) is 12.1 Å². The van der Waals surface area contributed by atoms with Gasteiger partial charge in [-0.1, -0.05) is 26.0 Å². The molecular weight excluding hydrogens is 264 g/mol. The minimum absolute atomic E-state index is 0.280. The van der Waals surface area contributed by atoms with Crippen molar-refractivity contribution < 1.29 is 5.11 Å². The van der Waals surface area contributed by atoms with Gasteiger partial charge in [-0.3, -0.25) is 4.99 Å². The fourth-order valence-corrected chi connectivity index (χ4v) is 2.89. The van der Waals surface area contributed by atoms with Crippen LogP contribution in [0.15, 0.2) is 29.3 Å². The third kappa shape index (κ3) is 3.13. The van der Waals surface area contributed by atoms with Gasteiger partial charge in [0.2, 0.25) is 0 Å². The molecule has 1 aliphatic rings. The number of hydrogen-bond acceptors (Lipinski definition) is 5. The highest BCUT2D eigenvalue weighted by Gasteiger charge is 2.39. The summed E-state index contributed by atoms with van der Waals surface area (Å²) in [4.78, 5) is 8.95. The average Bonchev–Trinajstić information content (AvgIpc) is 2.77. The second-order valence-electron chi connectivity index (χ2n) is 5.68. The molecule has 0 fully saturated rings. The van der Waals surface area contributed by atoms with Crippen LogP contribution < -0.4 is 5.73 Å². The Morgan fingerprint density at radius 3 is 2.71 bits per heavy atom. The lowest BCUT2D eigenvalue weighted by atomic mass is 9.91. The number of guanidine groups is 1. The first kappa shape index (κ1) is 15.6. The van der Waals surface area contributed by atoms with Crippen molar-refractivity contribution in [2.75, 3.05) is 32.7 Å². The molecule has 1 heterocycles. The SMILES string of the molecule is CCN(CC)CCN1C(N)=NCC1(C)c1cccc(O)c1. The van der Waals surface area contributed by atoms with E-state index in [4.69, 9.17) is 5.73 Å². The maximum Gasteiger partial charge on any atom is 0.192 e. The van der Waals surface area contributed by atoms with Crippen molar-refractivity contribution in [1.29, 1.82) is 0 Å². The molecule has 2 rings (SSSR count). The largest absolute Gasteiger partial charge is 0.508 e. The highest BCUT2D eigenvalue weighted by molar-refractivity contribution is 5.81. The molecule has 0 saturated heterocycles. The maximum absolute atomic E-state index is 9.74. The fourth-order valence-electron chi connectivity index (χ4n) is 2.89. The average molecular weight is 290 g/mol. The number of aliphatic imine (C=N–C) groups is 1. The Morgan fingerprint density at radius 2 is 2.10 bits per heavy atom. The van der Waals surface area contributed by atoms with Crippen LogP contribution in [0.4, 0.5) is 0 Å². The molecule has 3 N–H and O–H groups in total. The zero-order chi connectivity index (χ0) is 15.5. The van der Waals surface area contributed by atoms with Crippen molar-refractivity contribution in [3.63, 3.8) is 0 Å². The predicted octanol–water partition coefficient (Wildman–Crippen LogP) is 1.58. The third-order valence-electron chi connectivity index (χ3n) is 4.42. The van der Waals surface area contributed by atoms with Crippen LogP contribution in [-0.4, -0.2) is 53.6 Å². The first-order valence-electron chi connectivity index (χ1n) is 7.60. The number of phenols is 1. The monoisotopic (exact) mass is 290 g/mol. The van der Waals surface area contributed by atoms with E-state index < -0.39 is 0 Å². The number of benzene rings is 1. The second-order valence-corrected chi connectivity index (χ2v) is 5.68. The summed E-state index contributed by atoms with van der Waals surface area (Å²) in [6.45, 7) is 10.9. The molecule has 0 spiro atoms. The molecule has 1 atom stereocenters. The Labute approximate surface area is 127 Å². The molecule has 0 bridgehead atoms. The number of likely N-dealkylation sites (N-methyl/N-ethyl adjacent to an activating group) is 1. The van der Waals surface area contributed by atoms with E-state index in [9.17, 15) is 5.11 Å². The van der Waals surface area contributed by atoms with E-state index in [0.717, 1.165) is 31.7 Å². The van der Waals surface area contributed by atoms with Gasteiger partial charge < -0.3 is 20.6 Å². The summed E-state index contributed by atoms with van der Waals surface area (Å²) in [5.74, 6) is 0.871. The van der Waals surface area contributed by atoms with Gasteiger partial charge in [-0.25, -0.2) is 0 Å². The molecule has 0 radical (unpaired) electrons. The van der Waals surface area contributed by atoms with E-state index in [1.54, 1.807) is 12.1 Å². The van der Waals surface area contributed by atoms with Gasteiger partial charge in [-0.05, 0) is 37.7 Å². The number of hydrogen-bond donors (Lipinski definition) is 2. The predicted molar refractivity (Wildman–Crippen MR) is 86.4 cm³/mol. The van der Waals surface area contributed by atoms with E-state index in [2.05, 4.69) is 35.6 Å². The van der Waals surface area contributed by atoms with E-state index >= 15 is 0 Å². The first-order valence-corrected chi connectivity index (χ1v) is 7.60. The number of nitrogens with zero attached hydrogens (tertiary/aromatic N) is 3. The number of phenolic OH excluding ortho intramolecular Hbond substituents is 1. The zero-order valence-electron chi connectivity index (χ0n) is 13.2. The molecule has 21 heavy (non-hydrogen) atoms. The van der Waals surface area contributed by atoms with Crippen molar-refractivity contribution in [1.82, 2.24) is 9.80 Å². The summed E-state index contributed by atoms with van der Waals surface area (Å²) in [7, 11) is 0. The van der Waals surface area contributed by atoms with Crippen LogP contribution in [-0.2, 0) is 5.54 Å². The molecule has 1 aromatic carbocycles. The van der Waals surface area contributed by atoms with Gasteiger partial charge in [0, 0.05) is 13.1 Å². The molecule has 1 aliphatic heterocycles. The molecule has 1 aromatic rings. The molecule has 1 unspecified atom stereocenters. The van der Waals surface area contributed by atoms with Gasteiger partial charge in [0.15, 0.2) is 5.96 Å². The topological polar surface area (TPSA) is 65.1 Å². The fraction of sp³-hybridized carbons (Fsp3) is 0.562. The summed E-state index contributed by atoms with van der Waals surface area (Å²) in [5.41, 5.74) is 6.86. The number of aromatic hydroxyl groups is 1. The Hall–Kier alpha value is -1.75. The molecule has 5 heteroatoms. The van der Waals surface area contributed by atoms with Crippen molar-refractivity contribution in [2.45, 2.75) is 26.3 Å². The van der Waals surface area contributed by atoms with E-state index in [1.165, 1.54) is 0 Å². The van der Waals surface area contributed by atoms with Crippen molar-refractivity contribution in [3.8, 4) is 5.75 Å². The summed E-state index contributed by atoms with van der Waals surface area (Å²) in [5, 5.41) is 9.74. The Kier molecular flexibility index (Phi) is 4.73. The first-order chi connectivity index (χ1) is 10.0. The molecule has 0 saturated carbocycles. The lowest BCUT2D eigenvalue weighted by molar-refractivity contribution is 0.188. The minimum atomic E-state index is -0.282. The molecule has 116 valence electrons. The van der Waals surface area contributed by atoms with Gasteiger partial charge in [0.1, 0.15) is 5.75 Å². The lowest BCUT2D eigenvalue weighted by Crippen LogP contribution is -2.50. The van der Waals surface area contributed by atoms with Gasteiger partial charge in [-0.2, -0.15) is 0 Å². The molecule has 5 nitrogen and oxygen atoms in total. The van der Waals surface area contributed by atoms with Crippen LogP contribution in [0.25, 0.3) is 0 Å². The Balaban J connectivity index is 2.18. The number of rotatable bonds is 6. The standard InChI is InChI=1S/C16H26N4O/c1-4-19(5-2)9-10-20-15(17)18-12-16(20,3)13-7-6-8-14(21)11-13/h6-8,11,21H,4-5,9-10,12H2,1-3H3,(H2,17,18). The summed E-state index contributed by atoms with van der Waals surface area (Å²) >= 11 is 0. The smallest absolute Gasteiger partial charge is 0.192 e. The highest BCUT2D eigenvalue weighted by Crippen LogP contribution is 2.33. The van der Waals surface area contributed by atoms with Gasteiger partial charge in [0.25, 0.3) is 0 Å². The van der Waals surface area contributed by atoms with Crippen molar-refractivity contribution in [3.05, 3.63) is 29.8 Å². The van der Waals surface area contributed by atoms with Crippen molar-refractivity contribution in [2.24, 2.45) is 10.7 Å². The minimum Gasteiger partial charge on any atom is -0.508 e. The van der Waals surface area contributed by atoms with Crippen LogP contribution in [0.3, 0.4) is 0 Å². The molecule has 0 aliphatic carbocycles. The van der Waals surface area contributed by atoms with E-state index in [0.29, 0.717) is 12.5 Å².